The fourth-order valence-corrected chi connectivity index (χ4v) is 4.57. The van der Waals surface area contributed by atoms with E-state index in [1.165, 1.54) is 0 Å². The molecule has 178 valence electrons. The molecule has 5 heterocycles. The number of imidazole rings is 1. The number of aromatic nitrogens is 4. The van der Waals surface area contributed by atoms with Gasteiger partial charge in [-0.25, -0.2) is 9.97 Å². The largest absolute Gasteiger partial charge is 0.476 e. The van der Waals surface area contributed by atoms with Gasteiger partial charge in [0, 0.05) is 53.1 Å². The Labute approximate surface area is 197 Å². The van der Waals surface area contributed by atoms with Gasteiger partial charge in [-0.3, -0.25) is 14.6 Å². The van der Waals surface area contributed by atoms with E-state index >= 15 is 0 Å². The van der Waals surface area contributed by atoms with E-state index < -0.39 is 0 Å². The highest BCUT2D eigenvalue weighted by atomic mass is 16.5. The molecule has 0 aromatic carbocycles. The zero-order chi connectivity index (χ0) is 23.7. The van der Waals surface area contributed by atoms with E-state index in [0.29, 0.717) is 37.1 Å². The third-order valence-electron chi connectivity index (χ3n) is 6.59. The summed E-state index contributed by atoms with van der Waals surface area (Å²) in [4.78, 5) is 41.0. The highest BCUT2D eigenvalue weighted by molar-refractivity contribution is 5.84. The van der Waals surface area contributed by atoms with Crippen molar-refractivity contribution in [3.05, 3.63) is 30.7 Å². The van der Waals surface area contributed by atoms with Crippen molar-refractivity contribution in [2.75, 3.05) is 44.2 Å². The lowest BCUT2D eigenvalue weighted by atomic mass is 10.1. The second-order valence-corrected chi connectivity index (χ2v) is 8.94. The zero-order valence-corrected chi connectivity index (χ0v) is 19.5. The van der Waals surface area contributed by atoms with Crippen molar-refractivity contribution >= 4 is 28.5 Å². The van der Waals surface area contributed by atoms with Gasteiger partial charge in [0.25, 0.3) is 0 Å². The number of aryl methyl sites for hydroxylation is 1. The minimum Gasteiger partial charge on any atom is -0.476 e. The van der Waals surface area contributed by atoms with Crippen LogP contribution in [0, 0.1) is 5.92 Å². The summed E-state index contributed by atoms with van der Waals surface area (Å²) in [7, 11) is 1.92. The van der Waals surface area contributed by atoms with Gasteiger partial charge in [0.05, 0.1) is 41.7 Å². The Bertz CT molecular complexity index is 1200. The third-order valence-corrected chi connectivity index (χ3v) is 6.59. The molecule has 10 nitrogen and oxygen atoms in total. The van der Waals surface area contributed by atoms with E-state index in [-0.39, 0.29) is 11.8 Å². The molecule has 2 aliphatic rings. The van der Waals surface area contributed by atoms with E-state index in [9.17, 15) is 9.59 Å². The van der Waals surface area contributed by atoms with Crippen LogP contribution >= 0.6 is 0 Å². The summed E-state index contributed by atoms with van der Waals surface area (Å²) in [6.45, 7) is 5.83. The van der Waals surface area contributed by atoms with Gasteiger partial charge in [0.2, 0.25) is 17.7 Å². The number of hydrogen-bond donors (Lipinski definition) is 1. The van der Waals surface area contributed by atoms with Crippen molar-refractivity contribution in [2.45, 2.75) is 19.8 Å². The predicted molar refractivity (Wildman–Crippen MR) is 127 cm³/mol. The van der Waals surface area contributed by atoms with Gasteiger partial charge in [-0.15, -0.1) is 0 Å². The Morgan fingerprint density at radius 3 is 2.68 bits per heavy atom. The highest BCUT2D eigenvalue weighted by Crippen LogP contribution is 2.29. The molecule has 1 N–H and O–H groups in total. The molecule has 1 atom stereocenters. The summed E-state index contributed by atoms with van der Waals surface area (Å²) < 4.78 is 7.99. The summed E-state index contributed by atoms with van der Waals surface area (Å²) in [5.74, 6) is 1.05. The van der Waals surface area contributed by atoms with Crippen LogP contribution in [-0.2, 0) is 16.6 Å². The van der Waals surface area contributed by atoms with Gasteiger partial charge in [-0.05, 0) is 30.5 Å². The van der Waals surface area contributed by atoms with Crippen LogP contribution in [0.25, 0.3) is 22.4 Å². The number of carbonyl (C=O) groups is 2. The third kappa shape index (κ3) is 4.52. The highest BCUT2D eigenvalue weighted by Gasteiger charge is 2.22. The zero-order valence-electron chi connectivity index (χ0n) is 19.5. The van der Waals surface area contributed by atoms with Crippen molar-refractivity contribution < 1.29 is 14.3 Å². The summed E-state index contributed by atoms with van der Waals surface area (Å²) in [6.07, 6.45) is 4.94. The van der Waals surface area contributed by atoms with Crippen LogP contribution in [0.4, 0.5) is 5.69 Å². The number of nitrogens with one attached hydrogen (secondary N) is 1. The lowest BCUT2D eigenvalue weighted by Crippen LogP contribution is -2.48. The molecular formula is C24H29N7O3. The maximum atomic E-state index is 11.6. The number of anilines is 1. The maximum Gasteiger partial charge on any atom is 0.240 e. The molecule has 0 aliphatic carbocycles. The monoisotopic (exact) mass is 463 g/mol. The molecule has 0 saturated carbocycles. The number of piperazine rings is 1. The van der Waals surface area contributed by atoms with Crippen LogP contribution in [-0.4, -0.2) is 75.6 Å². The summed E-state index contributed by atoms with van der Waals surface area (Å²) in [6, 6.07) is 5.93. The number of pyridine rings is 2. The standard InChI is InChI=1S/C24H29N7O3/c1-16(32)30-6-8-31(9-7-30)18-3-4-19(25-14-18)20-12-21-23(29(2)15-27-21)24(28-20)34-10-5-17-11-22(33)26-13-17/h3-4,12,14-15,17H,5-11,13H2,1-2H3,(H,26,33). The molecule has 1 unspecified atom stereocenters. The Kier molecular flexibility index (Phi) is 6.04. The van der Waals surface area contributed by atoms with Crippen LogP contribution in [0.2, 0.25) is 0 Å². The number of hydrogen-bond acceptors (Lipinski definition) is 7. The fraction of sp³-hybridized carbons (Fsp3) is 0.458. The van der Waals surface area contributed by atoms with Gasteiger partial charge in [0.15, 0.2) is 0 Å². The first-order valence-corrected chi connectivity index (χ1v) is 11.7. The molecule has 2 fully saturated rings. The molecule has 2 amide bonds. The molecule has 34 heavy (non-hydrogen) atoms. The number of fused-ring (bicyclic) bond motifs is 1. The van der Waals surface area contributed by atoms with Crippen molar-refractivity contribution in [1.29, 1.82) is 0 Å². The van der Waals surface area contributed by atoms with Crippen molar-refractivity contribution in [2.24, 2.45) is 13.0 Å². The second-order valence-electron chi connectivity index (χ2n) is 8.94. The number of carbonyl (C=O) groups excluding carboxylic acids is 2. The molecule has 2 saturated heterocycles. The minimum atomic E-state index is 0.106. The topological polar surface area (TPSA) is 105 Å². The van der Waals surface area contributed by atoms with Crippen molar-refractivity contribution in [3.63, 3.8) is 0 Å². The Balaban J connectivity index is 1.32. The van der Waals surface area contributed by atoms with E-state index in [4.69, 9.17) is 9.72 Å². The summed E-state index contributed by atoms with van der Waals surface area (Å²) in [5.41, 5.74) is 4.11. The number of ether oxygens (including phenoxy) is 1. The average Bonchev–Trinajstić information content (AvgIpc) is 3.44. The van der Waals surface area contributed by atoms with E-state index in [1.54, 1.807) is 13.3 Å². The normalized spacial score (nSPS) is 18.4. The van der Waals surface area contributed by atoms with Crippen molar-refractivity contribution in [3.8, 4) is 17.3 Å². The van der Waals surface area contributed by atoms with Gasteiger partial charge in [-0.1, -0.05) is 0 Å². The maximum absolute atomic E-state index is 11.6. The van der Waals surface area contributed by atoms with E-state index in [0.717, 1.165) is 55.0 Å². The Hall–Kier alpha value is -3.69. The summed E-state index contributed by atoms with van der Waals surface area (Å²) >= 11 is 0. The second kappa shape index (κ2) is 9.28. The molecule has 5 rings (SSSR count). The van der Waals surface area contributed by atoms with Crippen LogP contribution < -0.4 is 15.0 Å². The average molecular weight is 464 g/mol. The lowest BCUT2D eigenvalue weighted by molar-refractivity contribution is -0.129. The quantitative estimate of drug-likeness (QED) is 0.592. The first-order chi connectivity index (χ1) is 16.5. The number of rotatable bonds is 6. The minimum absolute atomic E-state index is 0.106. The lowest BCUT2D eigenvalue weighted by Gasteiger charge is -2.35. The number of amides is 2. The van der Waals surface area contributed by atoms with Crippen molar-refractivity contribution in [1.82, 2.24) is 29.7 Å². The van der Waals surface area contributed by atoms with Gasteiger partial charge in [-0.2, -0.15) is 0 Å². The Morgan fingerprint density at radius 1 is 1.18 bits per heavy atom. The first kappa shape index (κ1) is 22.1. The molecule has 10 heteroatoms. The smallest absolute Gasteiger partial charge is 0.240 e. The number of nitrogens with zero attached hydrogens (tertiary/aromatic N) is 6. The van der Waals surface area contributed by atoms with Gasteiger partial charge >= 0.3 is 0 Å². The van der Waals surface area contributed by atoms with Crippen LogP contribution in [0.3, 0.4) is 0 Å². The van der Waals surface area contributed by atoms with Crippen LogP contribution in [0.1, 0.15) is 19.8 Å². The predicted octanol–water partition coefficient (Wildman–Crippen LogP) is 1.60. The first-order valence-electron chi connectivity index (χ1n) is 11.7. The SMILES string of the molecule is CC(=O)N1CCN(c2ccc(-c3cc4ncn(C)c4c(OCCC4CNC(=O)C4)n3)nc2)CC1. The fourth-order valence-electron chi connectivity index (χ4n) is 4.57. The molecule has 2 aliphatic heterocycles. The molecule has 3 aromatic heterocycles. The van der Waals surface area contributed by atoms with Gasteiger partial charge in [0.1, 0.15) is 5.52 Å². The van der Waals surface area contributed by atoms with Crippen LogP contribution in [0.5, 0.6) is 5.88 Å². The molecular weight excluding hydrogens is 434 g/mol. The van der Waals surface area contributed by atoms with Gasteiger partial charge < -0.3 is 24.4 Å². The molecule has 3 aromatic rings. The molecule has 0 spiro atoms. The Morgan fingerprint density at radius 2 is 2.00 bits per heavy atom. The summed E-state index contributed by atoms with van der Waals surface area (Å²) in [5, 5.41) is 2.87. The van der Waals surface area contributed by atoms with E-state index in [2.05, 4.69) is 20.2 Å². The molecule has 0 bridgehead atoms. The molecule has 0 radical (unpaired) electrons. The van der Waals surface area contributed by atoms with Crippen LogP contribution in [0.15, 0.2) is 30.7 Å². The van der Waals surface area contributed by atoms with E-state index in [1.807, 2.05) is 40.9 Å².